The molecule has 2 rings (SSSR count). The minimum Gasteiger partial charge on any atom is -0.350 e. The van der Waals surface area contributed by atoms with E-state index in [9.17, 15) is 4.79 Å². The number of carbonyl (C=O) groups is 1. The Balaban J connectivity index is 2.16. The maximum absolute atomic E-state index is 12.0. The second kappa shape index (κ2) is 6.17. The van der Waals surface area contributed by atoms with Crippen LogP contribution in [-0.4, -0.2) is 18.5 Å². The van der Waals surface area contributed by atoms with Crippen LogP contribution < -0.4 is 11.1 Å². The number of hydrogen-bond acceptors (Lipinski definition) is 2. The molecule has 0 saturated carbocycles. The average Bonchev–Trinajstić information content (AvgIpc) is 2.43. The molecule has 0 heterocycles. The topological polar surface area (TPSA) is 55.1 Å². The summed E-state index contributed by atoms with van der Waals surface area (Å²) in [6, 6.07) is 11.7. The molecule has 3 nitrogen and oxygen atoms in total. The predicted molar refractivity (Wildman–Crippen MR) is 82.2 cm³/mol. The van der Waals surface area contributed by atoms with Gasteiger partial charge in [-0.1, -0.05) is 35.0 Å². The van der Waals surface area contributed by atoms with Crippen LogP contribution in [0.4, 0.5) is 0 Å². The summed E-state index contributed by atoms with van der Waals surface area (Å²) < 4.78 is 1.03. The van der Waals surface area contributed by atoms with Gasteiger partial charge >= 0.3 is 0 Å². The van der Waals surface area contributed by atoms with Gasteiger partial charge in [-0.2, -0.15) is 0 Å². The van der Waals surface area contributed by atoms with Gasteiger partial charge in [0, 0.05) is 22.6 Å². The Labute approximate surface area is 121 Å². The van der Waals surface area contributed by atoms with E-state index in [1.54, 1.807) is 0 Å². The van der Waals surface area contributed by atoms with Gasteiger partial charge in [-0.15, -0.1) is 0 Å². The lowest BCUT2D eigenvalue weighted by Gasteiger charge is -2.10. The van der Waals surface area contributed by atoms with Crippen molar-refractivity contribution < 1.29 is 4.79 Å². The van der Waals surface area contributed by atoms with Gasteiger partial charge in [-0.25, -0.2) is 0 Å². The van der Waals surface area contributed by atoms with Crippen LogP contribution in [0, 0.1) is 0 Å². The van der Waals surface area contributed by atoms with Crippen LogP contribution in [-0.2, 0) is 0 Å². The van der Waals surface area contributed by atoms with Crippen molar-refractivity contribution >= 4 is 32.6 Å². The molecule has 2 aromatic carbocycles. The molecule has 0 aliphatic heterocycles. The number of nitrogens with two attached hydrogens (primary N) is 1. The van der Waals surface area contributed by atoms with Gasteiger partial charge in [0.1, 0.15) is 0 Å². The number of amides is 1. The fourth-order valence-electron chi connectivity index (χ4n) is 1.83. The minimum absolute atomic E-state index is 0.0142. The van der Waals surface area contributed by atoms with Gasteiger partial charge in [-0.3, -0.25) is 4.79 Å². The Morgan fingerprint density at radius 2 is 1.95 bits per heavy atom. The number of nitrogens with one attached hydrogen (secondary N) is 1. The number of carbonyl (C=O) groups excluding carboxylic acids is 1. The van der Waals surface area contributed by atoms with Crippen LogP contribution in [0.1, 0.15) is 23.7 Å². The lowest BCUT2D eigenvalue weighted by molar-refractivity contribution is 0.0951. The highest BCUT2D eigenvalue weighted by Crippen LogP contribution is 2.20. The molecule has 1 amide bonds. The van der Waals surface area contributed by atoms with Crippen LogP contribution in [0.25, 0.3) is 10.8 Å². The fraction of sp³-hybridized carbons (Fsp3) is 0.267. The Bertz CT molecular complexity index is 598. The minimum atomic E-state index is -0.0753. The van der Waals surface area contributed by atoms with Crippen molar-refractivity contribution in [2.24, 2.45) is 5.73 Å². The van der Waals surface area contributed by atoms with Crippen LogP contribution >= 0.6 is 15.9 Å². The van der Waals surface area contributed by atoms with Gasteiger partial charge < -0.3 is 11.1 Å². The Morgan fingerprint density at radius 3 is 2.68 bits per heavy atom. The van der Waals surface area contributed by atoms with Crippen LogP contribution in [0.5, 0.6) is 0 Å². The van der Waals surface area contributed by atoms with E-state index in [0.29, 0.717) is 12.1 Å². The fourth-order valence-corrected chi connectivity index (χ4v) is 2.21. The van der Waals surface area contributed by atoms with E-state index in [4.69, 9.17) is 5.73 Å². The lowest BCUT2D eigenvalue weighted by Crippen LogP contribution is -2.36. The molecule has 0 aliphatic carbocycles. The summed E-state index contributed by atoms with van der Waals surface area (Å²) in [5.74, 6) is -0.0753. The van der Waals surface area contributed by atoms with Crippen molar-refractivity contribution in [2.75, 3.05) is 6.54 Å². The molecule has 2 aromatic rings. The molecule has 0 saturated heterocycles. The van der Waals surface area contributed by atoms with Crippen molar-refractivity contribution in [3.05, 3.63) is 46.4 Å². The third-order valence-electron chi connectivity index (χ3n) is 3.11. The highest BCUT2D eigenvalue weighted by atomic mass is 79.9. The summed E-state index contributed by atoms with van der Waals surface area (Å²) in [5.41, 5.74) is 6.45. The summed E-state index contributed by atoms with van der Waals surface area (Å²) in [7, 11) is 0. The maximum Gasteiger partial charge on any atom is 0.251 e. The molecule has 4 heteroatoms. The van der Waals surface area contributed by atoms with Crippen LogP contribution in [0.15, 0.2) is 40.9 Å². The molecule has 1 atom stereocenters. The zero-order valence-electron chi connectivity index (χ0n) is 10.8. The largest absolute Gasteiger partial charge is 0.350 e. The molecule has 0 spiro atoms. The number of hydrogen-bond donors (Lipinski definition) is 2. The van der Waals surface area contributed by atoms with E-state index in [1.807, 2.05) is 43.3 Å². The molecule has 1 unspecified atom stereocenters. The quantitative estimate of drug-likeness (QED) is 0.909. The van der Waals surface area contributed by atoms with E-state index < -0.39 is 0 Å². The predicted octanol–water partition coefficient (Wildman–Crippen LogP) is 3.07. The molecular weight excluding hydrogens is 304 g/mol. The van der Waals surface area contributed by atoms with Crippen molar-refractivity contribution in [1.82, 2.24) is 5.32 Å². The summed E-state index contributed by atoms with van der Waals surface area (Å²) in [5, 5.41) is 5.01. The van der Waals surface area contributed by atoms with Gasteiger partial charge in [0.2, 0.25) is 0 Å². The standard InChI is InChI=1S/C15H17BrN2O/c1-2-14(17)9-18-15(19)12-4-3-11-8-13(16)6-5-10(11)7-12/h3-8,14H,2,9,17H2,1H3,(H,18,19). The van der Waals surface area contributed by atoms with Gasteiger partial charge in [0.15, 0.2) is 0 Å². The monoisotopic (exact) mass is 320 g/mol. The van der Waals surface area contributed by atoms with Crippen molar-refractivity contribution in [2.45, 2.75) is 19.4 Å². The van der Waals surface area contributed by atoms with Crippen molar-refractivity contribution in [3.8, 4) is 0 Å². The Morgan fingerprint density at radius 1 is 1.26 bits per heavy atom. The Hall–Kier alpha value is -1.39. The first-order chi connectivity index (χ1) is 9.10. The second-order valence-electron chi connectivity index (χ2n) is 4.58. The third-order valence-corrected chi connectivity index (χ3v) is 3.61. The number of fused-ring (bicyclic) bond motifs is 1. The number of rotatable bonds is 4. The van der Waals surface area contributed by atoms with Gasteiger partial charge in [-0.05, 0) is 41.5 Å². The number of benzene rings is 2. The van der Waals surface area contributed by atoms with E-state index >= 15 is 0 Å². The SMILES string of the molecule is CCC(N)CNC(=O)c1ccc2cc(Br)ccc2c1. The highest BCUT2D eigenvalue weighted by Gasteiger charge is 2.07. The summed E-state index contributed by atoms with van der Waals surface area (Å²) in [6.45, 7) is 2.51. The lowest BCUT2D eigenvalue weighted by atomic mass is 10.1. The summed E-state index contributed by atoms with van der Waals surface area (Å²) >= 11 is 3.44. The van der Waals surface area contributed by atoms with Gasteiger partial charge in [0.05, 0.1) is 0 Å². The van der Waals surface area contributed by atoms with Crippen LogP contribution in [0.2, 0.25) is 0 Å². The van der Waals surface area contributed by atoms with E-state index in [0.717, 1.165) is 21.7 Å². The second-order valence-corrected chi connectivity index (χ2v) is 5.50. The smallest absolute Gasteiger partial charge is 0.251 e. The number of halogens is 1. The normalized spacial score (nSPS) is 12.4. The van der Waals surface area contributed by atoms with E-state index in [1.165, 1.54) is 0 Å². The molecule has 0 aliphatic rings. The maximum atomic E-state index is 12.0. The zero-order valence-corrected chi connectivity index (χ0v) is 12.4. The molecule has 0 bridgehead atoms. The zero-order chi connectivity index (χ0) is 13.8. The summed E-state index contributed by atoms with van der Waals surface area (Å²) in [6.07, 6.45) is 0.853. The average molecular weight is 321 g/mol. The van der Waals surface area contributed by atoms with E-state index in [2.05, 4.69) is 21.2 Å². The first kappa shape index (κ1) is 14.0. The first-order valence-corrected chi connectivity index (χ1v) is 7.12. The molecule has 19 heavy (non-hydrogen) atoms. The molecule has 100 valence electrons. The molecular formula is C15H17BrN2O. The Kier molecular flexibility index (Phi) is 4.56. The summed E-state index contributed by atoms with van der Waals surface area (Å²) in [4.78, 5) is 12.0. The van der Waals surface area contributed by atoms with Crippen molar-refractivity contribution in [3.63, 3.8) is 0 Å². The van der Waals surface area contributed by atoms with E-state index in [-0.39, 0.29) is 11.9 Å². The molecule has 0 aromatic heterocycles. The van der Waals surface area contributed by atoms with Crippen LogP contribution in [0.3, 0.4) is 0 Å². The molecule has 0 fully saturated rings. The van der Waals surface area contributed by atoms with Gasteiger partial charge in [0.25, 0.3) is 5.91 Å². The third kappa shape index (κ3) is 3.55. The highest BCUT2D eigenvalue weighted by molar-refractivity contribution is 9.10. The molecule has 0 radical (unpaired) electrons. The first-order valence-electron chi connectivity index (χ1n) is 6.33. The van der Waals surface area contributed by atoms with Crippen molar-refractivity contribution in [1.29, 1.82) is 0 Å². The molecule has 3 N–H and O–H groups in total.